The summed E-state index contributed by atoms with van der Waals surface area (Å²) in [6, 6.07) is 8.57. The molecule has 0 fully saturated rings. The largest absolute Gasteiger partial charge is 0.416 e. The fraction of sp³-hybridized carbons (Fsp3) is 0.100. The third kappa shape index (κ3) is 3.78. The van der Waals surface area contributed by atoms with Crippen molar-refractivity contribution in [1.29, 1.82) is 0 Å². The first kappa shape index (κ1) is 20.4. The normalized spacial score (nSPS) is 11.8. The minimum Gasteiger partial charge on any atom is -0.320 e. The Morgan fingerprint density at radius 3 is 2.50 bits per heavy atom. The highest BCUT2D eigenvalue weighted by Gasteiger charge is 2.31. The molecule has 4 aromatic rings. The second-order valence-electron chi connectivity index (χ2n) is 6.45. The maximum Gasteiger partial charge on any atom is 0.416 e. The van der Waals surface area contributed by atoms with Gasteiger partial charge >= 0.3 is 6.18 Å². The van der Waals surface area contributed by atoms with Crippen molar-refractivity contribution in [1.82, 2.24) is 9.38 Å². The number of aryl methyl sites for hydroxylation is 1. The van der Waals surface area contributed by atoms with Gasteiger partial charge in [-0.25, -0.2) is 9.37 Å². The van der Waals surface area contributed by atoms with Gasteiger partial charge in [0.05, 0.1) is 22.0 Å². The molecule has 0 aliphatic rings. The van der Waals surface area contributed by atoms with Crippen molar-refractivity contribution < 1.29 is 22.4 Å². The van der Waals surface area contributed by atoms with E-state index in [1.165, 1.54) is 12.1 Å². The van der Waals surface area contributed by atoms with Gasteiger partial charge in [-0.3, -0.25) is 9.20 Å². The number of aromatic nitrogens is 2. The summed E-state index contributed by atoms with van der Waals surface area (Å²) in [5.74, 6) is -0.948. The van der Waals surface area contributed by atoms with E-state index in [4.69, 9.17) is 11.6 Å². The summed E-state index contributed by atoms with van der Waals surface area (Å²) in [4.78, 5) is 17.9. The van der Waals surface area contributed by atoms with Crippen molar-refractivity contribution in [2.45, 2.75) is 13.1 Å². The lowest BCUT2D eigenvalue weighted by atomic mass is 10.2. The molecule has 154 valence electrons. The summed E-state index contributed by atoms with van der Waals surface area (Å²) in [6.45, 7) is 1.70. The molecule has 0 saturated heterocycles. The molecule has 1 amide bonds. The molecular formula is C20H12ClF4N3OS. The Hall–Kier alpha value is -2.91. The first-order valence-corrected chi connectivity index (χ1v) is 9.75. The van der Waals surface area contributed by atoms with E-state index in [0.29, 0.717) is 21.9 Å². The number of carbonyl (C=O) groups is 1. The fourth-order valence-corrected chi connectivity index (χ4v) is 4.07. The molecule has 0 bridgehead atoms. The number of nitrogens with one attached hydrogen (secondary N) is 1. The number of nitrogens with zero attached hydrogens (tertiary/aromatic N) is 2. The van der Waals surface area contributed by atoms with Gasteiger partial charge in [0.1, 0.15) is 10.7 Å². The average Bonchev–Trinajstić information content (AvgIpc) is 3.23. The van der Waals surface area contributed by atoms with Crippen LogP contribution in [0.4, 0.5) is 23.2 Å². The third-order valence-corrected chi connectivity index (χ3v) is 5.93. The lowest BCUT2D eigenvalue weighted by Gasteiger charge is -2.11. The highest BCUT2D eigenvalue weighted by atomic mass is 35.5. The molecule has 0 aliphatic carbocycles. The predicted octanol–water partition coefficient (Wildman–Crippen LogP) is 6.43. The Balaban J connectivity index is 1.64. The van der Waals surface area contributed by atoms with Gasteiger partial charge in [0, 0.05) is 17.5 Å². The molecule has 4 rings (SSSR count). The van der Waals surface area contributed by atoms with E-state index < -0.39 is 17.6 Å². The molecule has 0 atom stereocenters. The van der Waals surface area contributed by atoms with Gasteiger partial charge in [-0.2, -0.15) is 13.2 Å². The zero-order valence-corrected chi connectivity index (χ0v) is 16.8. The number of halogens is 5. The lowest BCUT2D eigenvalue weighted by Crippen LogP contribution is -2.13. The standard InChI is InChI=1S/C20H12ClF4N3OS/c1-10-17(18(29)26-15-8-12(20(23,24)25)4-7-14(15)21)30-19-27-16(9-28(10)19)11-2-5-13(22)6-3-11/h2-9H,1H3,(H,26,29). The first-order valence-electron chi connectivity index (χ1n) is 8.56. The van der Waals surface area contributed by atoms with Gasteiger partial charge in [-0.15, -0.1) is 0 Å². The van der Waals surface area contributed by atoms with Crippen LogP contribution in [0.1, 0.15) is 20.9 Å². The Labute approximate surface area is 176 Å². The summed E-state index contributed by atoms with van der Waals surface area (Å²) in [5.41, 5.74) is 0.847. The lowest BCUT2D eigenvalue weighted by molar-refractivity contribution is -0.137. The highest BCUT2D eigenvalue weighted by Crippen LogP contribution is 2.34. The van der Waals surface area contributed by atoms with Gasteiger partial charge in [0.15, 0.2) is 4.96 Å². The Kier molecular flexibility index (Phi) is 5.03. The monoisotopic (exact) mass is 453 g/mol. The van der Waals surface area contributed by atoms with Crippen LogP contribution in [0.2, 0.25) is 5.02 Å². The minimum absolute atomic E-state index is 0.00562. The van der Waals surface area contributed by atoms with Crippen LogP contribution in [0, 0.1) is 12.7 Å². The molecule has 2 heterocycles. The molecule has 0 aliphatic heterocycles. The van der Waals surface area contributed by atoms with Crippen molar-refractivity contribution in [2.75, 3.05) is 5.32 Å². The van der Waals surface area contributed by atoms with Crippen molar-refractivity contribution in [3.63, 3.8) is 0 Å². The van der Waals surface area contributed by atoms with Gasteiger partial charge < -0.3 is 5.32 Å². The molecule has 0 spiro atoms. The summed E-state index contributed by atoms with van der Waals surface area (Å²) in [7, 11) is 0. The number of hydrogen-bond acceptors (Lipinski definition) is 3. The number of carbonyl (C=O) groups excluding carboxylic acids is 1. The highest BCUT2D eigenvalue weighted by molar-refractivity contribution is 7.19. The number of alkyl halides is 3. The molecule has 0 saturated carbocycles. The predicted molar refractivity (Wildman–Crippen MR) is 108 cm³/mol. The second kappa shape index (κ2) is 7.41. The third-order valence-electron chi connectivity index (χ3n) is 4.44. The molecule has 2 aromatic heterocycles. The van der Waals surface area contributed by atoms with Crippen molar-refractivity contribution in [3.8, 4) is 11.3 Å². The minimum atomic E-state index is -4.56. The molecule has 2 aromatic carbocycles. The second-order valence-corrected chi connectivity index (χ2v) is 7.83. The Bertz CT molecular complexity index is 1260. The van der Waals surface area contributed by atoms with E-state index in [2.05, 4.69) is 10.3 Å². The number of thiazole rings is 1. The number of fused-ring (bicyclic) bond motifs is 1. The fourth-order valence-electron chi connectivity index (χ4n) is 2.90. The topological polar surface area (TPSA) is 46.4 Å². The number of hydrogen-bond donors (Lipinski definition) is 1. The number of benzene rings is 2. The maximum atomic E-state index is 13.1. The van der Waals surface area contributed by atoms with Crippen LogP contribution in [0.15, 0.2) is 48.7 Å². The summed E-state index contributed by atoms with van der Waals surface area (Å²) >= 11 is 7.04. The van der Waals surface area contributed by atoms with Crippen molar-refractivity contribution in [2.24, 2.45) is 0 Å². The Morgan fingerprint density at radius 2 is 1.87 bits per heavy atom. The summed E-state index contributed by atoms with van der Waals surface area (Å²) in [6.07, 6.45) is -2.84. The quantitative estimate of drug-likeness (QED) is 0.363. The number of imidazole rings is 1. The maximum absolute atomic E-state index is 13.1. The van der Waals surface area contributed by atoms with Crippen LogP contribution < -0.4 is 5.32 Å². The molecule has 0 unspecified atom stereocenters. The van der Waals surface area contributed by atoms with E-state index in [1.807, 2.05) is 0 Å². The molecule has 4 nitrogen and oxygen atoms in total. The van der Waals surface area contributed by atoms with Crippen LogP contribution in [0.25, 0.3) is 16.2 Å². The van der Waals surface area contributed by atoms with Crippen molar-refractivity contribution in [3.05, 3.63) is 75.6 Å². The van der Waals surface area contributed by atoms with Crippen LogP contribution in [0.3, 0.4) is 0 Å². The average molecular weight is 454 g/mol. The zero-order chi connectivity index (χ0) is 21.6. The molecule has 1 N–H and O–H groups in total. The number of amides is 1. The summed E-state index contributed by atoms with van der Waals surface area (Å²) in [5, 5.41) is 2.43. The van der Waals surface area contributed by atoms with Gasteiger partial charge in [0.2, 0.25) is 0 Å². The molecule has 0 radical (unpaired) electrons. The van der Waals surface area contributed by atoms with E-state index in [-0.39, 0.29) is 21.4 Å². The molecular weight excluding hydrogens is 442 g/mol. The van der Waals surface area contributed by atoms with Crippen LogP contribution in [0.5, 0.6) is 0 Å². The van der Waals surface area contributed by atoms with Crippen LogP contribution in [-0.4, -0.2) is 15.3 Å². The van der Waals surface area contributed by atoms with Crippen LogP contribution in [-0.2, 0) is 6.18 Å². The van der Waals surface area contributed by atoms with Gasteiger partial charge in [-0.05, 0) is 49.4 Å². The van der Waals surface area contributed by atoms with Gasteiger partial charge in [-0.1, -0.05) is 22.9 Å². The number of rotatable bonds is 3. The van der Waals surface area contributed by atoms with E-state index in [9.17, 15) is 22.4 Å². The SMILES string of the molecule is Cc1c(C(=O)Nc2cc(C(F)(F)F)ccc2Cl)sc2nc(-c3ccc(F)cc3)cn12. The Morgan fingerprint density at radius 1 is 1.17 bits per heavy atom. The zero-order valence-electron chi connectivity index (χ0n) is 15.2. The smallest absolute Gasteiger partial charge is 0.320 e. The molecule has 30 heavy (non-hydrogen) atoms. The van der Waals surface area contributed by atoms with E-state index in [1.54, 1.807) is 29.7 Å². The van der Waals surface area contributed by atoms with Gasteiger partial charge in [0.25, 0.3) is 5.91 Å². The van der Waals surface area contributed by atoms with Crippen LogP contribution >= 0.6 is 22.9 Å². The van der Waals surface area contributed by atoms with Crippen molar-refractivity contribution >= 4 is 39.5 Å². The first-order chi connectivity index (χ1) is 14.1. The van der Waals surface area contributed by atoms with E-state index >= 15 is 0 Å². The summed E-state index contributed by atoms with van der Waals surface area (Å²) < 4.78 is 53.6. The van der Waals surface area contributed by atoms with E-state index in [0.717, 1.165) is 29.5 Å². The molecule has 10 heteroatoms. The number of anilines is 1.